The van der Waals surface area contributed by atoms with Crippen molar-refractivity contribution in [3.8, 4) is 16.9 Å². The average Bonchev–Trinajstić information content (AvgIpc) is 3.36. The Morgan fingerprint density at radius 1 is 1.06 bits per heavy atom. The molecule has 4 rings (SSSR count). The second kappa shape index (κ2) is 10.6. The predicted molar refractivity (Wildman–Crippen MR) is 123 cm³/mol. The van der Waals surface area contributed by atoms with Crippen LogP contribution in [-0.4, -0.2) is 61.2 Å². The summed E-state index contributed by atoms with van der Waals surface area (Å²) in [5.41, 5.74) is 2.72. The second-order valence-corrected chi connectivity index (χ2v) is 8.27. The van der Waals surface area contributed by atoms with Crippen LogP contribution in [0.15, 0.2) is 48.5 Å². The lowest BCUT2D eigenvalue weighted by atomic mass is 10.00. The molecule has 1 unspecified atom stereocenters. The van der Waals surface area contributed by atoms with Gasteiger partial charge in [0.15, 0.2) is 0 Å². The third-order valence-electron chi connectivity index (χ3n) is 6.06. The number of anilines is 1. The van der Waals surface area contributed by atoms with E-state index in [0.717, 1.165) is 55.0 Å². The van der Waals surface area contributed by atoms with Crippen LogP contribution < -0.4 is 10.1 Å². The minimum absolute atomic E-state index is 0.0190. The normalized spacial score (nSPS) is 19.0. The molecular formula is C25H31N3O4. The summed E-state index contributed by atoms with van der Waals surface area (Å²) < 4.78 is 5.32. The maximum atomic E-state index is 13.1. The minimum Gasteiger partial charge on any atom is -0.497 e. The van der Waals surface area contributed by atoms with E-state index in [1.807, 2.05) is 53.6 Å². The molecule has 0 aromatic heterocycles. The first-order valence-electron chi connectivity index (χ1n) is 11.4. The van der Waals surface area contributed by atoms with E-state index in [0.29, 0.717) is 25.9 Å². The standard InChI is InChI=1S/C25H31N3O4/c1-31-22-10-5-8-20(18-22)19-7-4-9-21(17-19)26-25(30)23-11-2-3-14-28(23)24(29)12-15-27-13-6-16-32-27/h4-5,7-10,17-18,23H,2-3,6,11-16H2,1H3,(H,26,30). The van der Waals surface area contributed by atoms with Crippen molar-refractivity contribution < 1.29 is 19.2 Å². The van der Waals surface area contributed by atoms with Crippen LogP contribution in [0, 0.1) is 0 Å². The van der Waals surface area contributed by atoms with Crippen LogP contribution in [0.25, 0.3) is 11.1 Å². The molecule has 2 amide bonds. The SMILES string of the molecule is COc1cccc(-c2cccc(NC(=O)C3CCCCN3C(=O)CCN3CCCO3)c2)c1. The van der Waals surface area contributed by atoms with E-state index in [1.54, 1.807) is 12.0 Å². The zero-order valence-electron chi connectivity index (χ0n) is 18.6. The van der Waals surface area contributed by atoms with E-state index in [9.17, 15) is 9.59 Å². The van der Waals surface area contributed by atoms with E-state index in [-0.39, 0.29) is 11.8 Å². The molecule has 2 aliphatic heterocycles. The number of hydrogen-bond donors (Lipinski definition) is 1. The molecule has 2 fully saturated rings. The zero-order valence-corrected chi connectivity index (χ0v) is 18.6. The van der Waals surface area contributed by atoms with Crippen LogP contribution >= 0.6 is 0 Å². The Hall–Kier alpha value is -2.90. The highest BCUT2D eigenvalue weighted by atomic mass is 16.7. The summed E-state index contributed by atoms with van der Waals surface area (Å²) in [6.07, 6.45) is 3.93. The number of methoxy groups -OCH3 is 1. The summed E-state index contributed by atoms with van der Waals surface area (Å²) in [5.74, 6) is 0.677. The lowest BCUT2D eigenvalue weighted by Crippen LogP contribution is -2.50. The van der Waals surface area contributed by atoms with Gasteiger partial charge in [-0.1, -0.05) is 24.3 Å². The van der Waals surface area contributed by atoms with E-state index < -0.39 is 6.04 Å². The molecule has 7 nitrogen and oxygen atoms in total. The van der Waals surface area contributed by atoms with Gasteiger partial charge in [0.05, 0.1) is 13.7 Å². The highest BCUT2D eigenvalue weighted by molar-refractivity contribution is 5.97. The number of ether oxygens (including phenoxy) is 1. The molecule has 0 saturated carbocycles. The lowest BCUT2D eigenvalue weighted by molar-refractivity contribution is -0.145. The van der Waals surface area contributed by atoms with Gasteiger partial charge in [-0.3, -0.25) is 14.4 Å². The van der Waals surface area contributed by atoms with Crippen molar-refractivity contribution in [2.24, 2.45) is 0 Å². The Morgan fingerprint density at radius 2 is 1.88 bits per heavy atom. The number of hydrogen-bond acceptors (Lipinski definition) is 5. The molecule has 2 saturated heterocycles. The lowest BCUT2D eigenvalue weighted by Gasteiger charge is -2.35. The van der Waals surface area contributed by atoms with Gasteiger partial charge in [-0.15, -0.1) is 0 Å². The molecular weight excluding hydrogens is 406 g/mol. The third kappa shape index (κ3) is 5.47. The monoisotopic (exact) mass is 437 g/mol. The number of rotatable bonds is 7. The first kappa shape index (κ1) is 22.3. The summed E-state index contributed by atoms with van der Waals surface area (Å²) >= 11 is 0. The van der Waals surface area contributed by atoms with Crippen LogP contribution in [0.1, 0.15) is 32.1 Å². The van der Waals surface area contributed by atoms with Crippen LogP contribution in [0.5, 0.6) is 5.75 Å². The molecule has 2 aromatic rings. The quantitative estimate of drug-likeness (QED) is 0.715. The Labute approximate surface area is 189 Å². The van der Waals surface area contributed by atoms with Gasteiger partial charge in [-0.05, 0) is 61.1 Å². The Morgan fingerprint density at radius 3 is 2.66 bits per heavy atom. The van der Waals surface area contributed by atoms with E-state index >= 15 is 0 Å². The van der Waals surface area contributed by atoms with Gasteiger partial charge in [0, 0.05) is 31.7 Å². The maximum absolute atomic E-state index is 13.1. The molecule has 1 N–H and O–H groups in total. The fourth-order valence-electron chi connectivity index (χ4n) is 4.35. The van der Waals surface area contributed by atoms with Gasteiger partial charge in [0.25, 0.3) is 0 Å². The average molecular weight is 438 g/mol. The van der Waals surface area contributed by atoms with E-state index in [4.69, 9.17) is 9.57 Å². The summed E-state index contributed by atoms with van der Waals surface area (Å²) in [6, 6.07) is 15.1. The Balaban J connectivity index is 1.41. The Kier molecular flexibility index (Phi) is 7.39. The van der Waals surface area contributed by atoms with E-state index in [2.05, 4.69) is 5.32 Å². The van der Waals surface area contributed by atoms with Crippen LogP contribution in [-0.2, 0) is 14.4 Å². The number of benzene rings is 2. The van der Waals surface area contributed by atoms with Crippen molar-refractivity contribution >= 4 is 17.5 Å². The van der Waals surface area contributed by atoms with Crippen LogP contribution in [0.2, 0.25) is 0 Å². The number of likely N-dealkylation sites (tertiary alicyclic amines) is 1. The minimum atomic E-state index is -0.434. The molecule has 7 heteroatoms. The first-order valence-corrected chi connectivity index (χ1v) is 11.4. The number of nitrogens with one attached hydrogen (secondary N) is 1. The highest BCUT2D eigenvalue weighted by Crippen LogP contribution is 2.27. The molecule has 0 radical (unpaired) electrons. The summed E-state index contributed by atoms with van der Waals surface area (Å²) in [6.45, 7) is 2.78. The smallest absolute Gasteiger partial charge is 0.247 e. The molecule has 0 spiro atoms. The molecule has 32 heavy (non-hydrogen) atoms. The number of hydroxylamine groups is 2. The van der Waals surface area contributed by atoms with Gasteiger partial charge in [0.1, 0.15) is 11.8 Å². The molecule has 2 aromatic carbocycles. The zero-order chi connectivity index (χ0) is 22.3. The number of carbonyl (C=O) groups is 2. The summed E-state index contributed by atoms with van der Waals surface area (Å²) in [4.78, 5) is 33.2. The number of carbonyl (C=O) groups excluding carboxylic acids is 2. The van der Waals surface area contributed by atoms with Crippen molar-refractivity contribution in [3.05, 3.63) is 48.5 Å². The molecule has 2 aliphatic rings. The van der Waals surface area contributed by atoms with Crippen molar-refractivity contribution in [2.75, 3.05) is 38.7 Å². The van der Waals surface area contributed by atoms with Crippen LogP contribution in [0.4, 0.5) is 5.69 Å². The molecule has 0 bridgehead atoms. The van der Waals surface area contributed by atoms with Gasteiger partial charge in [0.2, 0.25) is 11.8 Å². The largest absolute Gasteiger partial charge is 0.497 e. The van der Waals surface area contributed by atoms with Gasteiger partial charge in [-0.25, -0.2) is 0 Å². The summed E-state index contributed by atoms with van der Waals surface area (Å²) in [5, 5.41) is 4.88. The Bertz CT molecular complexity index is 942. The number of amides is 2. The van der Waals surface area contributed by atoms with Crippen LogP contribution in [0.3, 0.4) is 0 Å². The molecule has 1 atom stereocenters. The molecule has 2 heterocycles. The fourth-order valence-corrected chi connectivity index (χ4v) is 4.35. The highest BCUT2D eigenvalue weighted by Gasteiger charge is 2.32. The molecule has 170 valence electrons. The third-order valence-corrected chi connectivity index (χ3v) is 6.06. The van der Waals surface area contributed by atoms with Gasteiger partial charge >= 0.3 is 0 Å². The number of piperidine rings is 1. The van der Waals surface area contributed by atoms with Crippen molar-refractivity contribution in [1.82, 2.24) is 9.96 Å². The number of nitrogens with zero attached hydrogens (tertiary/aromatic N) is 2. The first-order chi connectivity index (χ1) is 15.6. The topological polar surface area (TPSA) is 71.1 Å². The fraction of sp³-hybridized carbons (Fsp3) is 0.440. The van der Waals surface area contributed by atoms with Gasteiger partial charge < -0.3 is 15.0 Å². The second-order valence-electron chi connectivity index (χ2n) is 8.27. The van der Waals surface area contributed by atoms with Crippen molar-refractivity contribution in [1.29, 1.82) is 0 Å². The van der Waals surface area contributed by atoms with Gasteiger partial charge in [-0.2, -0.15) is 5.06 Å². The van der Waals surface area contributed by atoms with Crippen molar-refractivity contribution in [3.63, 3.8) is 0 Å². The summed E-state index contributed by atoms with van der Waals surface area (Å²) in [7, 11) is 1.64. The molecule has 0 aliphatic carbocycles. The maximum Gasteiger partial charge on any atom is 0.247 e. The van der Waals surface area contributed by atoms with E-state index in [1.165, 1.54) is 0 Å². The predicted octanol–water partition coefficient (Wildman–Crippen LogP) is 3.71. The van der Waals surface area contributed by atoms with Crippen molar-refractivity contribution in [2.45, 2.75) is 38.1 Å².